The molecule has 0 saturated carbocycles. The third kappa shape index (κ3) is 5.68. The molecule has 0 aliphatic carbocycles. The van der Waals surface area contributed by atoms with Crippen LogP contribution < -0.4 is 0 Å². The van der Waals surface area contributed by atoms with Crippen molar-refractivity contribution >= 4 is 87.0 Å². The summed E-state index contributed by atoms with van der Waals surface area (Å²) in [5, 5.41) is 13.9. The minimum absolute atomic E-state index is 0.825. The van der Waals surface area contributed by atoms with Gasteiger partial charge < -0.3 is 8.83 Å². The molecule has 0 amide bonds. The molecule has 0 N–H and O–H groups in total. The maximum absolute atomic E-state index is 6.85. The van der Waals surface area contributed by atoms with Crippen LogP contribution in [0.5, 0.6) is 0 Å². The second-order valence-electron chi connectivity index (χ2n) is 17.5. The highest BCUT2D eigenvalue weighted by Crippen LogP contribution is 2.49. The zero-order valence-corrected chi connectivity index (χ0v) is 35.8. The summed E-state index contributed by atoms with van der Waals surface area (Å²) in [6.07, 6.45) is 0. The van der Waals surface area contributed by atoms with E-state index in [4.69, 9.17) is 8.83 Å². The van der Waals surface area contributed by atoms with Gasteiger partial charge in [-0.15, -0.1) is 0 Å². The van der Waals surface area contributed by atoms with Crippen molar-refractivity contribution in [2.24, 2.45) is 0 Å². The molecule has 0 bridgehead atoms. The summed E-state index contributed by atoms with van der Waals surface area (Å²) in [7, 11) is 0. The molecule has 306 valence electrons. The molecule has 0 fully saturated rings. The van der Waals surface area contributed by atoms with Crippen molar-refractivity contribution in [2.45, 2.75) is 0 Å². The second kappa shape index (κ2) is 14.4. The summed E-state index contributed by atoms with van der Waals surface area (Å²) in [5.41, 5.74) is 15.0. The summed E-state index contributed by atoms with van der Waals surface area (Å²) >= 11 is 0. The number of para-hydroxylation sites is 2. The van der Waals surface area contributed by atoms with Crippen molar-refractivity contribution in [2.75, 3.05) is 0 Å². The van der Waals surface area contributed by atoms with E-state index in [1.165, 1.54) is 87.6 Å². The minimum atomic E-state index is 0.825. The van der Waals surface area contributed by atoms with Crippen molar-refractivity contribution < 1.29 is 8.83 Å². The Morgan fingerprint density at radius 2 is 0.682 bits per heavy atom. The van der Waals surface area contributed by atoms with Crippen molar-refractivity contribution in [1.29, 1.82) is 0 Å². The molecule has 0 radical (unpaired) electrons. The molecule has 66 heavy (non-hydrogen) atoms. The Hall–Kier alpha value is -8.72. The van der Waals surface area contributed by atoms with Crippen LogP contribution in [0.3, 0.4) is 0 Å². The molecule has 14 aromatic rings. The predicted octanol–water partition coefficient (Wildman–Crippen LogP) is 18.4. The topological polar surface area (TPSA) is 26.3 Å². The van der Waals surface area contributed by atoms with Crippen molar-refractivity contribution in [3.63, 3.8) is 0 Å². The zero-order chi connectivity index (χ0) is 43.3. The van der Waals surface area contributed by atoms with Crippen LogP contribution in [0.4, 0.5) is 0 Å². The van der Waals surface area contributed by atoms with Crippen LogP contribution in [0.1, 0.15) is 0 Å². The molecule has 0 atom stereocenters. The molecule has 2 heteroatoms. The van der Waals surface area contributed by atoms with Crippen LogP contribution in [-0.4, -0.2) is 0 Å². The first-order chi connectivity index (χ1) is 32.7. The minimum Gasteiger partial charge on any atom is -0.455 e. The molecule has 0 unspecified atom stereocenters. The molecule has 2 heterocycles. The second-order valence-corrected chi connectivity index (χ2v) is 17.5. The molecule has 0 aliphatic heterocycles. The first kappa shape index (κ1) is 36.7. The fourth-order valence-corrected chi connectivity index (χ4v) is 10.7. The molecule has 12 aromatic carbocycles. The third-order valence-electron chi connectivity index (χ3n) is 13.8. The summed E-state index contributed by atoms with van der Waals surface area (Å²) in [4.78, 5) is 0. The van der Waals surface area contributed by atoms with E-state index >= 15 is 0 Å². The van der Waals surface area contributed by atoms with Crippen LogP contribution in [0, 0.1) is 0 Å². The summed E-state index contributed by atoms with van der Waals surface area (Å²) < 4.78 is 13.5. The van der Waals surface area contributed by atoms with E-state index < -0.39 is 0 Å². The van der Waals surface area contributed by atoms with E-state index in [0.717, 1.165) is 55.0 Å². The Morgan fingerprint density at radius 3 is 1.32 bits per heavy atom. The van der Waals surface area contributed by atoms with E-state index in [-0.39, 0.29) is 0 Å². The Balaban J connectivity index is 1.06. The lowest BCUT2D eigenvalue weighted by Gasteiger charge is -2.20. The Labute approximate surface area is 380 Å². The Bertz CT molecular complexity index is 4300. The molecule has 0 aliphatic rings. The molecular weight excluding hydrogens is 801 g/mol. The van der Waals surface area contributed by atoms with Gasteiger partial charge in [-0.1, -0.05) is 182 Å². The first-order valence-electron chi connectivity index (χ1n) is 22.6. The fraction of sp³-hybridized carbons (Fsp3) is 0. The van der Waals surface area contributed by atoms with Gasteiger partial charge in [-0.05, 0) is 142 Å². The van der Waals surface area contributed by atoms with Crippen molar-refractivity contribution in [3.05, 3.63) is 231 Å². The van der Waals surface area contributed by atoms with Gasteiger partial charge in [0, 0.05) is 21.7 Å². The van der Waals surface area contributed by atoms with Gasteiger partial charge in [0.2, 0.25) is 0 Å². The maximum atomic E-state index is 6.85. The highest BCUT2D eigenvalue weighted by atomic mass is 16.3. The number of furan rings is 2. The van der Waals surface area contributed by atoms with Gasteiger partial charge in [-0.3, -0.25) is 0 Å². The largest absolute Gasteiger partial charge is 0.455 e. The fourth-order valence-electron chi connectivity index (χ4n) is 10.7. The summed E-state index contributed by atoms with van der Waals surface area (Å²) in [5.74, 6) is 0. The highest BCUT2D eigenvalue weighted by Gasteiger charge is 2.23. The lowest BCUT2D eigenvalue weighted by atomic mass is 9.83. The third-order valence-corrected chi connectivity index (χ3v) is 13.8. The van der Waals surface area contributed by atoms with E-state index in [1.807, 2.05) is 12.1 Å². The van der Waals surface area contributed by atoms with E-state index in [2.05, 4.69) is 218 Å². The highest BCUT2D eigenvalue weighted by molar-refractivity contribution is 6.26. The SMILES string of the molecule is c1cc(-c2ccc3ccccc3c2)cc(-c2c3ccccc3c(-c3cccc(-c4ccc5ccccc5c4)c3)c3cc(-c4cc5c6ccccc6oc5c5c4oc4ccccc45)ccc23)c1. The molecule has 0 spiro atoms. The lowest BCUT2D eigenvalue weighted by molar-refractivity contribution is 0.663. The number of fused-ring (bicyclic) bond motifs is 11. The van der Waals surface area contributed by atoms with Gasteiger partial charge >= 0.3 is 0 Å². The van der Waals surface area contributed by atoms with E-state index in [1.54, 1.807) is 0 Å². The smallest absolute Gasteiger partial charge is 0.147 e. The molecule has 14 rings (SSSR count). The number of hydrogen-bond donors (Lipinski definition) is 0. The average molecular weight is 839 g/mol. The maximum Gasteiger partial charge on any atom is 0.147 e. The first-order valence-corrected chi connectivity index (χ1v) is 22.6. The molecule has 2 aromatic heterocycles. The van der Waals surface area contributed by atoms with Crippen LogP contribution in [0.25, 0.3) is 143 Å². The molecular formula is C64H38O2. The quantitative estimate of drug-likeness (QED) is 0.161. The standard InChI is InChI=1S/C64H38O2/c1-3-15-41-33-45(29-27-39(41)13-1)43-17-11-19-48(35-43)60-51-22-5-6-23-52(51)61(49-20-12-18-44(36-49)46-30-28-40-14-2-4-16-42(40)34-46)56-37-47(31-32-53(56)60)55-38-57-50-21-7-9-25-58(50)65-64(57)62-54-24-8-10-26-59(54)66-63(55)62/h1-38H. The summed E-state index contributed by atoms with van der Waals surface area (Å²) in [6.45, 7) is 0. The normalized spacial score (nSPS) is 11.9. The Kier molecular flexibility index (Phi) is 8.02. The average Bonchev–Trinajstić information content (AvgIpc) is 3.96. The van der Waals surface area contributed by atoms with Gasteiger partial charge in [-0.25, -0.2) is 0 Å². The van der Waals surface area contributed by atoms with Gasteiger partial charge in [0.15, 0.2) is 0 Å². The monoisotopic (exact) mass is 838 g/mol. The van der Waals surface area contributed by atoms with Crippen molar-refractivity contribution in [1.82, 2.24) is 0 Å². The Morgan fingerprint density at radius 1 is 0.227 bits per heavy atom. The van der Waals surface area contributed by atoms with Gasteiger partial charge in [0.1, 0.15) is 22.3 Å². The number of benzene rings is 12. The van der Waals surface area contributed by atoms with Crippen LogP contribution in [0.15, 0.2) is 239 Å². The van der Waals surface area contributed by atoms with Crippen LogP contribution in [0.2, 0.25) is 0 Å². The van der Waals surface area contributed by atoms with Crippen LogP contribution >= 0.6 is 0 Å². The molecule has 0 saturated heterocycles. The number of rotatable bonds is 5. The van der Waals surface area contributed by atoms with E-state index in [0.29, 0.717) is 0 Å². The van der Waals surface area contributed by atoms with Gasteiger partial charge in [0.05, 0.1) is 5.39 Å². The van der Waals surface area contributed by atoms with Gasteiger partial charge in [0.25, 0.3) is 0 Å². The predicted molar refractivity (Wildman–Crippen MR) is 278 cm³/mol. The zero-order valence-electron chi connectivity index (χ0n) is 35.8. The molecule has 2 nitrogen and oxygen atoms in total. The summed E-state index contributed by atoms with van der Waals surface area (Å²) in [6, 6.07) is 83.9. The van der Waals surface area contributed by atoms with E-state index in [9.17, 15) is 0 Å². The number of hydrogen-bond acceptors (Lipinski definition) is 2. The lowest BCUT2D eigenvalue weighted by Crippen LogP contribution is -1.93. The van der Waals surface area contributed by atoms with Gasteiger partial charge in [-0.2, -0.15) is 0 Å². The van der Waals surface area contributed by atoms with Crippen molar-refractivity contribution in [3.8, 4) is 55.6 Å². The van der Waals surface area contributed by atoms with Crippen LogP contribution in [-0.2, 0) is 0 Å².